The number of aryl methyl sites for hydroxylation is 1. The number of carbonyl (C=O) groups is 4. The molecule has 0 bridgehead atoms. The molecule has 222 valence electrons. The maximum atomic E-state index is 13.4. The maximum Gasteiger partial charge on any atom is 0.407 e. The molecule has 0 heterocycles. The number of hydrogen-bond donors (Lipinski definition) is 3. The number of amides is 3. The number of nitrogens with one attached hydrogen (secondary N) is 2. The lowest BCUT2D eigenvalue weighted by atomic mass is 9.97. The SMILES string of the molecule is COc1ccc(CC(=O)[C@H](CCCCNC(=O)OCc2ccccc2)NC(=O)c2cc(C)ccc2OC)cc1C(N)=O. The molecule has 10 heteroatoms. The largest absolute Gasteiger partial charge is 0.496 e. The number of carbonyl (C=O) groups excluding carboxylic acids is 4. The lowest BCUT2D eigenvalue weighted by molar-refractivity contribution is -0.120. The van der Waals surface area contributed by atoms with Crippen molar-refractivity contribution in [1.29, 1.82) is 0 Å². The van der Waals surface area contributed by atoms with Gasteiger partial charge in [0.1, 0.15) is 18.1 Å². The highest BCUT2D eigenvalue weighted by Gasteiger charge is 2.24. The molecule has 0 saturated heterocycles. The van der Waals surface area contributed by atoms with Gasteiger partial charge in [0.2, 0.25) is 0 Å². The van der Waals surface area contributed by atoms with Gasteiger partial charge in [0, 0.05) is 13.0 Å². The fourth-order valence-corrected chi connectivity index (χ4v) is 4.37. The highest BCUT2D eigenvalue weighted by Crippen LogP contribution is 2.22. The van der Waals surface area contributed by atoms with Gasteiger partial charge in [-0.05, 0) is 61.6 Å². The van der Waals surface area contributed by atoms with Crippen LogP contribution in [0, 0.1) is 6.92 Å². The number of alkyl carbamates (subject to hydrolysis) is 1. The second kappa shape index (κ2) is 15.8. The third-order valence-electron chi connectivity index (χ3n) is 6.60. The summed E-state index contributed by atoms with van der Waals surface area (Å²) < 4.78 is 15.8. The minimum absolute atomic E-state index is 0.0375. The Balaban J connectivity index is 1.64. The standard InChI is InChI=1S/C32H37N3O7/c1-21-12-14-29(41-3)25(17-21)31(38)35-26(27(36)19-23-13-15-28(40-2)24(18-23)30(33)37)11-7-8-16-34-32(39)42-20-22-9-5-4-6-10-22/h4-6,9-10,12-15,17-18,26H,7-8,11,16,19-20H2,1-3H3,(H2,33,37)(H,34,39)(H,35,38)/t26-/m0/s1. The van der Waals surface area contributed by atoms with Crippen molar-refractivity contribution < 1.29 is 33.4 Å². The number of ketones is 1. The molecule has 0 spiro atoms. The van der Waals surface area contributed by atoms with E-state index in [1.807, 2.05) is 43.3 Å². The predicted molar refractivity (Wildman–Crippen MR) is 158 cm³/mol. The van der Waals surface area contributed by atoms with Gasteiger partial charge in [-0.25, -0.2) is 4.79 Å². The summed E-state index contributed by atoms with van der Waals surface area (Å²) in [7, 11) is 2.90. The molecule has 10 nitrogen and oxygen atoms in total. The van der Waals surface area contributed by atoms with Gasteiger partial charge in [0.15, 0.2) is 5.78 Å². The Morgan fingerprint density at radius 2 is 1.52 bits per heavy atom. The molecule has 0 aliphatic carbocycles. The summed E-state index contributed by atoms with van der Waals surface area (Å²) in [6, 6.07) is 18.5. The van der Waals surface area contributed by atoms with Crippen molar-refractivity contribution in [2.45, 2.75) is 45.3 Å². The summed E-state index contributed by atoms with van der Waals surface area (Å²) in [6.07, 6.45) is 0.858. The van der Waals surface area contributed by atoms with Crippen molar-refractivity contribution >= 4 is 23.7 Å². The fraction of sp³-hybridized carbons (Fsp3) is 0.312. The van der Waals surface area contributed by atoms with Crippen molar-refractivity contribution in [2.75, 3.05) is 20.8 Å². The maximum absolute atomic E-state index is 13.4. The summed E-state index contributed by atoms with van der Waals surface area (Å²) in [4.78, 5) is 50.6. The van der Waals surface area contributed by atoms with E-state index in [-0.39, 0.29) is 24.4 Å². The number of benzene rings is 3. The van der Waals surface area contributed by atoms with Crippen LogP contribution >= 0.6 is 0 Å². The van der Waals surface area contributed by atoms with E-state index < -0.39 is 23.9 Å². The summed E-state index contributed by atoms with van der Waals surface area (Å²) in [5.74, 6) is -0.657. The van der Waals surface area contributed by atoms with Gasteiger partial charge >= 0.3 is 6.09 Å². The molecular weight excluding hydrogens is 538 g/mol. The quantitative estimate of drug-likeness (QED) is 0.231. The molecule has 0 fully saturated rings. The smallest absolute Gasteiger partial charge is 0.407 e. The van der Waals surface area contributed by atoms with E-state index in [1.165, 1.54) is 20.3 Å². The van der Waals surface area contributed by atoms with E-state index in [1.54, 1.807) is 24.3 Å². The number of methoxy groups -OCH3 is 2. The summed E-state index contributed by atoms with van der Waals surface area (Å²) >= 11 is 0. The minimum atomic E-state index is -0.827. The van der Waals surface area contributed by atoms with Crippen LogP contribution in [0.4, 0.5) is 4.79 Å². The second-order valence-electron chi connectivity index (χ2n) is 9.76. The molecule has 42 heavy (non-hydrogen) atoms. The van der Waals surface area contributed by atoms with Crippen molar-refractivity contribution in [3.8, 4) is 11.5 Å². The third kappa shape index (κ3) is 9.36. The van der Waals surface area contributed by atoms with Crippen molar-refractivity contribution in [1.82, 2.24) is 10.6 Å². The van der Waals surface area contributed by atoms with Gasteiger partial charge in [-0.15, -0.1) is 0 Å². The van der Waals surface area contributed by atoms with Crippen LogP contribution in [0.3, 0.4) is 0 Å². The molecule has 4 N–H and O–H groups in total. The van der Waals surface area contributed by atoms with Crippen LogP contribution in [0.15, 0.2) is 66.7 Å². The number of Topliss-reactive ketones (excluding diaryl/α,β-unsaturated/α-hetero) is 1. The first-order valence-corrected chi connectivity index (χ1v) is 13.6. The van der Waals surface area contributed by atoms with E-state index in [0.29, 0.717) is 48.4 Å². The van der Waals surface area contributed by atoms with Crippen LogP contribution in [0.2, 0.25) is 0 Å². The van der Waals surface area contributed by atoms with Crippen LogP contribution in [0.25, 0.3) is 0 Å². The topological polar surface area (TPSA) is 146 Å². The molecule has 3 rings (SSSR count). The number of rotatable bonds is 15. The van der Waals surface area contributed by atoms with Crippen LogP contribution in [-0.4, -0.2) is 50.5 Å². The predicted octanol–water partition coefficient (Wildman–Crippen LogP) is 4.12. The summed E-state index contributed by atoms with van der Waals surface area (Å²) in [5, 5.41) is 5.56. The molecule has 0 aliphatic rings. The zero-order valence-corrected chi connectivity index (χ0v) is 24.1. The first-order chi connectivity index (χ1) is 20.2. The Morgan fingerprint density at radius 1 is 0.833 bits per heavy atom. The van der Waals surface area contributed by atoms with E-state index in [4.69, 9.17) is 19.9 Å². The molecule has 0 aliphatic heterocycles. The minimum Gasteiger partial charge on any atom is -0.496 e. The van der Waals surface area contributed by atoms with Crippen LogP contribution in [0.5, 0.6) is 11.5 Å². The van der Waals surface area contributed by atoms with E-state index in [0.717, 1.165) is 11.1 Å². The number of ether oxygens (including phenoxy) is 3. The average molecular weight is 576 g/mol. The fourth-order valence-electron chi connectivity index (χ4n) is 4.37. The zero-order chi connectivity index (χ0) is 30.5. The molecule has 0 radical (unpaired) electrons. The average Bonchev–Trinajstić information content (AvgIpc) is 2.99. The molecule has 1 atom stereocenters. The molecule has 3 amide bonds. The Kier molecular flexibility index (Phi) is 11.9. The summed E-state index contributed by atoms with van der Waals surface area (Å²) in [5.41, 5.74) is 8.27. The van der Waals surface area contributed by atoms with Gasteiger partial charge in [-0.2, -0.15) is 0 Å². The van der Waals surface area contributed by atoms with Crippen LogP contribution in [-0.2, 0) is 22.6 Å². The molecule has 0 aromatic heterocycles. The Morgan fingerprint density at radius 3 is 2.21 bits per heavy atom. The number of hydrogen-bond acceptors (Lipinski definition) is 7. The van der Waals surface area contributed by atoms with Crippen molar-refractivity contribution in [3.63, 3.8) is 0 Å². The molecule has 3 aromatic rings. The van der Waals surface area contributed by atoms with Crippen molar-refractivity contribution in [3.05, 3.63) is 94.5 Å². The number of nitrogens with two attached hydrogens (primary N) is 1. The number of primary amides is 1. The van der Waals surface area contributed by atoms with E-state index >= 15 is 0 Å². The first-order valence-electron chi connectivity index (χ1n) is 13.6. The second-order valence-corrected chi connectivity index (χ2v) is 9.76. The molecule has 0 unspecified atom stereocenters. The molecular formula is C32H37N3O7. The number of unbranched alkanes of at least 4 members (excludes halogenated alkanes) is 1. The van der Waals surface area contributed by atoms with Gasteiger partial charge in [0.25, 0.3) is 11.8 Å². The van der Waals surface area contributed by atoms with Gasteiger partial charge in [0.05, 0.1) is 31.4 Å². The van der Waals surface area contributed by atoms with Crippen LogP contribution < -0.4 is 25.8 Å². The van der Waals surface area contributed by atoms with Crippen molar-refractivity contribution in [2.24, 2.45) is 5.73 Å². The van der Waals surface area contributed by atoms with Gasteiger partial charge in [-0.1, -0.05) is 48.0 Å². The van der Waals surface area contributed by atoms with Gasteiger partial charge < -0.3 is 30.6 Å². The highest BCUT2D eigenvalue weighted by atomic mass is 16.5. The zero-order valence-electron chi connectivity index (χ0n) is 24.1. The normalized spacial score (nSPS) is 11.2. The Labute approximate surface area is 245 Å². The van der Waals surface area contributed by atoms with Crippen LogP contribution in [0.1, 0.15) is 56.7 Å². The highest BCUT2D eigenvalue weighted by molar-refractivity contribution is 6.00. The first kappa shape index (κ1) is 31.7. The molecule has 0 saturated carbocycles. The summed E-state index contributed by atoms with van der Waals surface area (Å²) in [6.45, 7) is 2.37. The third-order valence-corrected chi connectivity index (χ3v) is 6.60. The monoisotopic (exact) mass is 575 g/mol. The lowest BCUT2D eigenvalue weighted by Crippen LogP contribution is -2.42. The Hall–Kier alpha value is -4.86. The van der Waals surface area contributed by atoms with E-state index in [2.05, 4.69) is 10.6 Å². The lowest BCUT2D eigenvalue weighted by Gasteiger charge is -2.19. The van der Waals surface area contributed by atoms with E-state index in [9.17, 15) is 19.2 Å². The Bertz CT molecular complexity index is 1390. The van der Waals surface area contributed by atoms with Gasteiger partial charge in [-0.3, -0.25) is 14.4 Å². The molecule has 3 aromatic carbocycles.